The molecule has 5 heteroatoms. The molecule has 0 aliphatic carbocycles. The second-order valence-corrected chi connectivity index (χ2v) is 6.09. The molecule has 1 rings (SSSR count). The van der Waals surface area contributed by atoms with Gasteiger partial charge in [0.05, 0.1) is 0 Å². The summed E-state index contributed by atoms with van der Waals surface area (Å²) in [5, 5.41) is 0. The van der Waals surface area contributed by atoms with Crippen LogP contribution < -0.4 is 25.0 Å². The van der Waals surface area contributed by atoms with Gasteiger partial charge in [-0.05, 0) is 0 Å². The third-order valence-corrected chi connectivity index (χ3v) is 3.67. The SMILES string of the molecule is CC(C)(C)OC(=O)N1CCN[I-]C1. The van der Waals surface area contributed by atoms with E-state index in [2.05, 4.69) is 3.53 Å². The fourth-order valence-corrected chi connectivity index (χ4v) is 2.78. The first kappa shape index (κ1) is 11.0. The fraction of sp³-hybridized carbons (Fsp3) is 0.875. The zero-order valence-corrected chi connectivity index (χ0v) is 10.4. The Hall–Kier alpha value is -0.0400. The van der Waals surface area contributed by atoms with E-state index in [9.17, 15) is 4.79 Å². The number of hydrogen-bond donors (Lipinski definition) is 1. The molecular weight excluding hydrogens is 283 g/mol. The molecule has 4 nitrogen and oxygen atoms in total. The first-order chi connectivity index (χ1) is 5.99. The number of ether oxygens (including phenoxy) is 1. The van der Waals surface area contributed by atoms with Crippen LogP contribution in [0.15, 0.2) is 0 Å². The molecule has 0 saturated carbocycles. The summed E-state index contributed by atoms with van der Waals surface area (Å²) in [5.74, 6) is 0. The van der Waals surface area contributed by atoms with Gasteiger partial charge in [-0.3, -0.25) is 0 Å². The van der Waals surface area contributed by atoms with Crippen LogP contribution in [0.25, 0.3) is 0 Å². The van der Waals surface area contributed by atoms with Crippen molar-refractivity contribution in [2.75, 3.05) is 17.6 Å². The summed E-state index contributed by atoms with van der Waals surface area (Å²) in [6.45, 7) is 7.35. The number of carbonyl (C=O) groups excluding carboxylic acids is 1. The predicted molar refractivity (Wildman–Crippen MR) is 45.8 cm³/mol. The van der Waals surface area contributed by atoms with Crippen molar-refractivity contribution in [3.63, 3.8) is 0 Å². The van der Waals surface area contributed by atoms with E-state index in [1.807, 2.05) is 20.8 Å². The number of nitrogens with one attached hydrogen (secondary N) is 1. The van der Waals surface area contributed by atoms with Crippen molar-refractivity contribution in [1.29, 1.82) is 0 Å². The van der Waals surface area contributed by atoms with Crippen LogP contribution in [0.4, 0.5) is 4.79 Å². The first-order valence-electron chi connectivity index (χ1n) is 4.28. The number of alkyl halides is 1. The summed E-state index contributed by atoms with van der Waals surface area (Å²) in [7, 11) is 0. The number of amides is 1. The van der Waals surface area contributed by atoms with E-state index in [-0.39, 0.29) is 33.2 Å². The van der Waals surface area contributed by atoms with E-state index in [0.29, 0.717) is 0 Å². The van der Waals surface area contributed by atoms with Gasteiger partial charge in [0.2, 0.25) is 0 Å². The van der Waals surface area contributed by atoms with Crippen LogP contribution in [-0.2, 0) is 4.74 Å². The topological polar surface area (TPSA) is 41.6 Å². The molecule has 0 spiro atoms. The number of carbonyl (C=O) groups is 1. The van der Waals surface area contributed by atoms with Crippen LogP contribution in [0, 0.1) is 0 Å². The predicted octanol–water partition coefficient (Wildman–Crippen LogP) is -2.21. The maximum atomic E-state index is 11.5. The van der Waals surface area contributed by atoms with Crippen LogP contribution in [0.5, 0.6) is 0 Å². The van der Waals surface area contributed by atoms with Crippen molar-refractivity contribution in [3.8, 4) is 0 Å². The molecular formula is C8H16IN2O2-. The third kappa shape index (κ3) is 4.12. The van der Waals surface area contributed by atoms with Crippen molar-refractivity contribution in [1.82, 2.24) is 8.43 Å². The second kappa shape index (κ2) is 4.45. The van der Waals surface area contributed by atoms with E-state index in [0.717, 1.165) is 17.6 Å². The zero-order valence-electron chi connectivity index (χ0n) is 8.26. The normalized spacial score (nSPS) is 19.2. The van der Waals surface area contributed by atoms with Gasteiger partial charge >= 0.3 is 89.5 Å². The van der Waals surface area contributed by atoms with Gasteiger partial charge in [-0.2, -0.15) is 0 Å². The van der Waals surface area contributed by atoms with Gasteiger partial charge in [-0.1, -0.05) is 0 Å². The molecule has 0 aromatic heterocycles. The minimum absolute atomic E-state index is 0.0268. The molecule has 1 aliphatic heterocycles. The van der Waals surface area contributed by atoms with Crippen molar-refractivity contribution >= 4 is 6.09 Å². The van der Waals surface area contributed by atoms with E-state index in [1.54, 1.807) is 4.90 Å². The van der Waals surface area contributed by atoms with E-state index < -0.39 is 0 Å². The van der Waals surface area contributed by atoms with E-state index >= 15 is 0 Å². The number of halogens is 1. The third-order valence-electron chi connectivity index (χ3n) is 1.43. The van der Waals surface area contributed by atoms with Crippen LogP contribution in [0.1, 0.15) is 20.8 Å². The molecule has 1 N–H and O–H groups in total. The van der Waals surface area contributed by atoms with Crippen LogP contribution >= 0.6 is 0 Å². The molecule has 0 aromatic rings. The molecule has 0 bridgehead atoms. The van der Waals surface area contributed by atoms with Gasteiger partial charge in [-0.15, -0.1) is 0 Å². The van der Waals surface area contributed by atoms with Crippen LogP contribution in [-0.4, -0.2) is 34.2 Å². The summed E-state index contributed by atoms with van der Waals surface area (Å²) < 4.78 is 9.40. The molecule has 1 fully saturated rings. The summed E-state index contributed by atoms with van der Waals surface area (Å²) >= 11 is -0.0268. The summed E-state index contributed by atoms with van der Waals surface area (Å²) in [5.41, 5.74) is -0.375. The Morgan fingerprint density at radius 3 is 2.69 bits per heavy atom. The van der Waals surface area contributed by atoms with Crippen LogP contribution in [0.3, 0.4) is 0 Å². The Bertz CT molecular complexity index is 185. The van der Waals surface area contributed by atoms with Crippen molar-refractivity contribution in [2.24, 2.45) is 0 Å². The summed E-state index contributed by atoms with van der Waals surface area (Å²) in [6.07, 6.45) is -0.172. The van der Waals surface area contributed by atoms with Crippen LogP contribution in [0.2, 0.25) is 0 Å². The van der Waals surface area contributed by atoms with Crippen molar-refractivity contribution < 1.29 is 31.0 Å². The molecule has 0 atom stereocenters. The standard InChI is InChI=1S/C8H16IN2O2/c1-8(2,3)13-7(12)11-5-4-10-9-6-11/h10H,4-6H2,1-3H3/q-1. The molecule has 78 valence electrons. The van der Waals surface area contributed by atoms with Crippen molar-refractivity contribution in [2.45, 2.75) is 26.4 Å². The Labute approximate surface area is 89.6 Å². The maximum absolute atomic E-state index is 11.5. The van der Waals surface area contributed by atoms with Gasteiger partial charge in [0.25, 0.3) is 0 Å². The molecule has 0 unspecified atom stereocenters. The van der Waals surface area contributed by atoms with Gasteiger partial charge in [0.15, 0.2) is 0 Å². The average molecular weight is 299 g/mol. The fourth-order valence-electron chi connectivity index (χ4n) is 0.885. The van der Waals surface area contributed by atoms with E-state index in [4.69, 9.17) is 4.74 Å². The van der Waals surface area contributed by atoms with Gasteiger partial charge in [-0.25, -0.2) is 0 Å². The molecule has 1 saturated heterocycles. The number of hydrogen-bond acceptors (Lipinski definition) is 3. The molecule has 0 aromatic carbocycles. The molecule has 0 radical (unpaired) electrons. The molecule has 1 heterocycles. The average Bonchev–Trinajstić information content (AvgIpc) is 2.03. The van der Waals surface area contributed by atoms with Gasteiger partial charge in [0, 0.05) is 0 Å². The Morgan fingerprint density at radius 1 is 1.54 bits per heavy atom. The number of rotatable bonds is 0. The molecule has 1 aliphatic rings. The zero-order chi connectivity index (χ0) is 9.90. The van der Waals surface area contributed by atoms with Gasteiger partial charge < -0.3 is 0 Å². The first-order valence-corrected chi connectivity index (χ1v) is 6.88. The monoisotopic (exact) mass is 299 g/mol. The summed E-state index contributed by atoms with van der Waals surface area (Å²) in [6, 6.07) is 0. The Balaban J connectivity index is 2.38. The quantitative estimate of drug-likeness (QED) is 0.239. The Morgan fingerprint density at radius 2 is 2.23 bits per heavy atom. The number of nitrogens with zero attached hydrogens (tertiary/aromatic N) is 1. The second-order valence-electron chi connectivity index (χ2n) is 3.88. The van der Waals surface area contributed by atoms with Gasteiger partial charge in [0.1, 0.15) is 0 Å². The minimum atomic E-state index is -0.375. The van der Waals surface area contributed by atoms with E-state index in [1.165, 1.54) is 0 Å². The molecule has 1 amide bonds. The molecule has 13 heavy (non-hydrogen) atoms. The summed E-state index contributed by atoms with van der Waals surface area (Å²) in [4.78, 5) is 13.3. The van der Waals surface area contributed by atoms with Crippen molar-refractivity contribution in [3.05, 3.63) is 0 Å². The Kier molecular flexibility index (Phi) is 3.78.